The Morgan fingerprint density at radius 2 is 2.15 bits per heavy atom. The van der Waals surface area contributed by atoms with Crippen molar-refractivity contribution in [3.8, 4) is 0 Å². The van der Waals surface area contributed by atoms with Gasteiger partial charge in [-0.3, -0.25) is 4.68 Å². The van der Waals surface area contributed by atoms with Gasteiger partial charge in [0, 0.05) is 24.0 Å². The lowest BCUT2D eigenvalue weighted by Gasteiger charge is -2.13. The summed E-state index contributed by atoms with van der Waals surface area (Å²) in [6.07, 6.45) is 3.78. The van der Waals surface area contributed by atoms with Crippen LogP contribution in [0.5, 0.6) is 0 Å². The van der Waals surface area contributed by atoms with E-state index >= 15 is 0 Å². The smallest absolute Gasteiger partial charge is 0.123 e. The maximum atomic E-state index is 13.3. The molecule has 1 aromatic carbocycles. The summed E-state index contributed by atoms with van der Waals surface area (Å²) in [5.74, 6) is 0.329. The number of aromatic nitrogens is 2. The fraction of sp³-hybridized carbons (Fsp3) is 0.438. The number of alkyl halides is 1. The molecule has 1 heterocycles. The summed E-state index contributed by atoms with van der Waals surface area (Å²) < 4.78 is 15.3. The van der Waals surface area contributed by atoms with Gasteiger partial charge in [0.15, 0.2) is 0 Å². The zero-order chi connectivity index (χ0) is 14.5. The van der Waals surface area contributed by atoms with Gasteiger partial charge in [0.05, 0.1) is 5.69 Å². The van der Waals surface area contributed by atoms with Crippen molar-refractivity contribution in [1.29, 1.82) is 0 Å². The molecule has 0 aliphatic heterocycles. The fourth-order valence-corrected chi connectivity index (χ4v) is 2.48. The maximum absolute atomic E-state index is 13.3. The third-order valence-electron chi connectivity index (χ3n) is 3.67. The minimum Gasteiger partial charge on any atom is -0.270 e. The summed E-state index contributed by atoms with van der Waals surface area (Å²) in [6.45, 7) is 4.28. The molecule has 0 aliphatic rings. The summed E-state index contributed by atoms with van der Waals surface area (Å²) in [5.41, 5.74) is 1.93. The van der Waals surface area contributed by atoms with E-state index in [1.165, 1.54) is 6.07 Å². The largest absolute Gasteiger partial charge is 0.270 e. The molecular formula is C16H20ClFN2. The summed E-state index contributed by atoms with van der Waals surface area (Å²) in [6, 6.07) is 9.06. The highest BCUT2D eigenvalue weighted by Gasteiger charge is 2.14. The van der Waals surface area contributed by atoms with Gasteiger partial charge in [-0.1, -0.05) is 19.1 Å². The molecule has 108 valence electrons. The van der Waals surface area contributed by atoms with Gasteiger partial charge in [0.2, 0.25) is 0 Å². The van der Waals surface area contributed by atoms with E-state index in [4.69, 9.17) is 11.6 Å². The van der Waals surface area contributed by atoms with Gasteiger partial charge < -0.3 is 0 Å². The monoisotopic (exact) mass is 294 g/mol. The fourth-order valence-electron chi connectivity index (χ4n) is 2.19. The number of halogens is 2. The lowest BCUT2D eigenvalue weighted by molar-refractivity contribution is 0.472. The van der Waals surface area contributed by atoms with E-state index in [0.29, 0.717) is 11.9 Å². The van der Waals surface area contributed by atoms with E-state index in [1.807, 2.05) is 23.0 Å². The first-order valence-electron chi connectivity index (χ1n) is 6.99. The Morgan fingerprint density at radius 1 is 1.35 bits per heavy atom. The number of hydrogen-bond donors (Lipinski definition) is 0. The lowest BCUT2D eigenvalue weighted by Crippen LogP contribution is -2.08. The highest BCUT2D eigenvalue weighted by molar-refractivity contribution is 6.18. The van der Waals surface area contributed by atoms with Crippen LogP contribution in [0.15, 0.2) is 36.5 Å². The first-order valence-corrected chi connectivity index (χ1v) is 7.53. The second-order valence-corrected chi connectivity index (χ2v) is 5.46. The number of benzene rings is 1. The average Bonchev–Trinajstić information content (AvgIpc) is 2.92. The minimum atomic E-state index is -0.220. The zero-order valence-corrected chi connectivity index (χ0v) is 12.6. The quantitative estimate of drug-likeness (QED) is 0.714. The van der Waals surface area contributed by atoms with Crippen LogP contribution in [0.2, 0.25) is 0 Å². The number of rotatable bonds is 6. The van der Waals surface area contributed by atoms with Gasteiger partial charge in [-0.05, 0) is 43.5 Å². The molecule has 0 N–H and O–H groups in total. The van der Waals surface area contributed by atoms with Gasteiger partial charge >= 0.3 is 0 Å². The number of hydrogen-bond acceptors (Lipinski definition) is 1. The highest BCUT2D eigenvalue weighted by atomic mass is 35.5. The molecular weight excluding hydrogens is 275 g/mol. The Labute approximate surface area is 124 Å². The summed E-state index contributed by atoms with van der Waals surface area (Å²) in [4.78, 5) is 0. The maximum Gasteiger partial charge on any atom is 0.123 e. The molecule has 0 fully saturated rings. The van der Waals surface area contributed by atoms with Crippen LogP contribution in [0.3, 0.4) is 0 Å². The molecule has 0 bridgehead atoms. The van der Waals surface area contributed by atoms with E-state index in [2.05, 4.69) is 18.9 Å². The van der Waals surface area contributed by atoms with Crippen LogP contribution in [-0.2, 0) is 6.42 Å². The lowest BCUT2D eigenvalue weighted by atomic mass is 9.96. The normalized spacial score (nSPS) is 14.2. The van der Waals surface area contributed by atoms with Crippen LogP contribution in [0, 0.1) is 5.82 Å². The second-order valence-electron chi connectivity index (χ2n) is 5.15. The Morgan fingerprint density at radius 3 is 2.80 bits per heavy atom. The minimum absolute atomic E-state index is 0.0904. The summed E-state index contributed by atoms with van der Waals surface area (Å²) >= 11 is 6.04. The van der Waals surface area contributed by atoms with Crippen molar-refractivity contribution in [3.05, 3.63) is 53.6 Å². The predicted octanol–water partition coefficient (Wildman–Crippen LogP) is 4.56. The molecule has 2 rings (SSSR count). The Kier molecular flexibility index (Phi) is 5.18. The molecule has 0 saturated heterocycles. The van der Waals surface area contributed by atoms with Gasteiger partial charge in [0.1, 0.15) is 5.82 Å². The van der Waals surface area contributed by atoms with Gasteiger partial charge in [-0.25, -0.2) is 4.39 Å². The van der Waals surface area contributed by atoms with E-state index in [0.717, 1.165) is 24.1 Å². The first kappa shape index (κ1) is 15.0. The molecule has 2 atom stereocenters. The molecule has 4 heteroatoms. The van der Waals surface area contributed by atoms with Crippen LogP contribution in [0.4, 0.5) is 4.39 Å². The summed E-state index contributed by atoms with van der Waals surface area (Å²) in [7, 11) is 0. The van der Waals surface area contributed by atoms with Crippen LogP contribution in [0.1, 0.15) is 43.5 Å². The molecule has 0 spiro atoms. The van der Waals surface area contributed by atoms with Crippen molar-refractivity contribution in [2.75, 3.05) is 5.88 Å². The van der Waals surface area contributed by atoms with Crippen molar-refractivity contribution < 1.29 is 4.39 Å². The molecule has 1 aromatic heterocycles. The second kappa shape index (κ2) is 6.89. The van der Waals surface area contributed by atoms with E-state index in [9.17, 15) is 4.39 Å². The zero-order valence-electron chi connectivity index (χ0n) is 11.9. The predicted molar refractivity (Wildman–Crippen MR) is 80.8 cm³/mol. The Bertz CT molecular complexity index is 553. The Hall–Kier alpha value is -1.35. The molecule has 0 radical (unpaired) electrons. The Balaban J connectivity index is 2.12. The van der Waals surface area contributed by atoms with E-state index < -0.39 is 0 Å². The third kappa shape index (κ3) is 3.60. The number of nitrogens with zero attached hydrogens (tertiary/aromatic N) is 2. The third-order valence-corrected chi connectivity index (χ3v) is 4.04. The van der Waals surface area contributed by atoms with Crippen LogP contribution >= 0.6 is 11.6 Å². The van der Waals surface area contributed by atoms with Crippen molar-refractivity contribution in [1.82, 2.24) is 9.78 Å². The average molecular weight is 295 g/mol. The van der Waals surface area contributed by atoms with Crippen LogP contribution in [-0.4, -0.2) is 15.7 Å². The van der Waals surface area contributed by atoms with E-state index in [-0.39, 0.29) is 11.7 Å². The molecule has 0 saturated carbocycles. The molecule has 20 heavy (non-hydrogen) atoms. The highest BCUT2D eigenvalue weighted by Crippen LogP contribution is 2.23. The molecule has 0 amide bonds. The standard InChI is InChI=1S/C16H20ClFN2/c1-3-12(2)20-8-7-16(19-20)10-14(11-17)13-5-4-6-15(18)9-13/h4-9,12,14H,3,10-11H2,1-2H3. The van der Waals surface area contributed by atoms with Gasteiger partial charge in [0.25, 0.3) is 0 Å². The van der Waals surface area contributed by atoms with E-state index in [1.54, 1.807) is 12.1 Å². The van der Waals surface area contributed by atoms with Crippen molar-refractivity contribution >= 4 is 11.6 Å². The van der Waals surface area contributed by atoms with Crippen LogP contribution in [0.25, 0.3) is 0 Å². The van der Waals surface area contributed by atoms with Crippen molar-refractivity contribution in [2.24, 2.45) is 0 Å². The summed E-state index contributed by atoms with van der Waals surface area (Å²) in [5, 5.41) is 4.58. The molecule has 2 unspecified atom stereocenters. The van der Waals surface area contributed by atoms with Crippen molar-refractivity contribution in [3.63, 3.8) is 0 Å². The molecule has 2 nitrogen and oxygen atoms in total. The van der Waals surface area contributed by atoms with Gasteiger partial charge in [-0.2, -0.15) is 5.10 Å². The SMILES string of the molecule is CCC(C)n1ccc(CC(CCl)c2cccc(F)c2)n1. The topological polar surface area (TPSA) is 17.8 Å². The first-order chi connectivity index (χ1) is 9.63. The van der Waals surface area contributed by atoms with Crippen LogP contribution < -0.4 is 0 Å². The van der Waals surface area contributed by atoms with Gasteiger partial charge in [-0.15, -0.1) is 11.6 Å². The van der Waals surface area contributed by atoms with Crippen molar-refractivity contribution in [2.45, 2.75) is 38.6 Å². The molecule has 2 aromatic rings. The molecule has 0 aliphatic carbocycles.